The lowest BCUT2D eigenvalue weighted by molar-refractivity contribution is -0.143. The first kappa shape index (κ1) is 18.8. The van der Waals surface area contributed by atoms with Crippen LogP contribution < -0.4 is 10.6 Å². The molecule has 2 heterocycles. The van der Waals surface area contributed by atoms with E-state index in [1.807, 2.05) is 35.6 Å². The molecule has 8 nitrogen and oxygen atoms in total. The van der Waals surface area contributed by atoms with Crippen LogP contribution in [0.15, 0.2) is 65.3 Å². The predicted molar refractivity (Wildman–Crippen MR) is 101 cm³/mol. The molecule has 0 aliphatic rings. The molecule has 0 radical (unpaired) electrons. The molecule has 28 heavy (non-hydrogen) atoms. The molecule has 0 aliphatic heterocycles. The van der Waals surface area contributed by atoms with Crippen molar-refractivity contribution in [1.82, 2.24) is 15.6 Å². The average molecular weight is 379 g/mol. The molecule has 0 unspecified atom stereocenters. The van der Waals surface area contributed by atoms with E-state index in [0.29, 0.717) is 11.5 Å². The molecule has 1 aromatic carbocycles. The van der Waals surface area contributed by atoms with Crippen LogP contribution in [-0.4, -0.2) is 29.5 Å². The van der Waals surface area contributed by atoms with Gasteiger partial charge in [-0.25, -0.2) is 14.6 Å². The number of pyridine rings is 1. The highest BCUT2D eigenvalue weighted by Gasteiger charge is 2.10. The molecule has 0 atom stereocenters. The zero-order valence-corrected chi connectivity index (χ0v) is 14.8. The quantitative estimate of drug-likeness (QED) is 0.503. The Bertz CT molecular complexity index is 1010. The minimum absolute atomic E-state index is 0.132. The van der Waals surface area contributed by atoms with E-state index < -0.39 is 24.5 Å². The molecule has 0 fully saturated rings. The van der Waals surface area contributed by atoms with Crippen molar-refractivity contribution in [3.63, 3.8) is 0 Å². The number of furan rings is 1. The van der Waals surface area contributed by atoms with Crippen molar-refractivity contribution >= 4 is 34.9 Å². The molecule has 0 saturated heterocycles. The Balaban J connectivity index is 1.41. The summed E-state index contributed by atoms with van der Waals surface area (Å²) in [5.41, 5.74) is 1.38. The van der Waals surface area contributed by atoms with Crippen molar-refractivity contribution in [2.75, 3.05) is 6.61 Å². The van der Waals surface area contributed by atoms with Gasteiger partial charge in [-0.15, -0.1) is 0 Å². The number of carbonyl (C=O) groups excluding carboxylic acids is 3. The fourth-order valence-corrected chi connectivity index (χ4v) is 2.30. The molecule has 2 aromatic heterocycles. The lowest BCUT2D eigenvalue weighted by Gasteiger charge is -2.05. The van der Waals surface area contributed by atoms with Crippen LogP contribution in [0.4, 0.5) is 4.79 Å². The predicted octanol–water partition coefficient (Wildman–Crippen LogP) is 2.41. The van der Waals surface area contributed by atoms with Gasteiger partial charge in [0.2, 0.25) is 0 Å². The zero-order valence-electron chi connectivity index (χ0n) is 14.8. The molecule has 8 heteroatoms. The molecule has 142 valence electrons. The molecule has 3 amide bonds. The van der Waals surface area contributed by atoms with Gasteiger partial charge in [-0.2, -0.15) is 0 Å². The Morgan fingerprint density at radius 2 is 1.93 bits per heavy atom. The zero-order chi connectivity index (χ0) is 19.8. The molecule has 3 aromatic rings. The Morgan fingerprint density at radius 1 is 1.07 bits per heavy atom. The number of aromatic nitrogens is 1. The van der Waals surface area contributed by atoms with E-state index in [9.17, 15) is 14.4 Å². The SMILES string of the molecule is O=C(COC(=O)/C=C/c1ccc2ccccc2n1)NC(=O)NCc1ccco1. The maximum Gasteiger partial charge on any atom is 0.331 e. The highest BCUT2D eigenvalue weighted by Crippen LogP contribution is 2.12. The summed E-state index contributed by atoms with van der Waals surface area (Å²) in [6.07, 6.45) is 4.13. The number of urea groups is 1. The van der Waals surface area contributed by atoms with Crippen LogP contribution in [0.5, 0.6) is 0 Å². The Kier molecular flexibility index (Phi) is 6.14. The topological polar surface area (TPSA) is 111 Å². The fraction of sp³-hybridized carbons (Fsp3) is 0.100. The number of fused-ring (bicyclic) bond motifs is 1. The first-order valence-electron chi connectivity index (χ1n) is 8.41. The summed E-state index contributed by atoms with van der Waals surface area (Å²) in [7, 11) is 0. The van der Waals surface area contributed by atoms with Gasteiger partial charge in [-0.1, -0.05) is 24.3 Å². The van der Waals surface area contributed by atoms with Crippen LogP contribution in [0.2, 0.25) is 0 Å². The monoisotopic (exact) mass is 379 g/mol. The molecule has 0 saturated carbocycles. The van der Waals surface area contributed by atoms with Crippen molar-refractivity contribution in [3.05, 3.63) is 72.3 Å². The number of imide groups is 1. The lowest BCUT2D eigenvalue weighted by atomic mass is 10.2. The summed E-state index contributed by atoms with van der Waals surface area (Å²) in [5.74, 6) is -0.926. The summed E-state index contributed by atoms with van der Waals surface area (Å²) in [6, 6.07) is 13.9. The van der Waals surface area contributed by atoms with Gasteiger partial charge in [0, 0.05) is 11.5 Å². The second-order valence-corrected chi connectivity index (χ2v) is 5.68. The summed E-state index contributed by atoms with van der Waals surface area (Å²) in [6.45, 7) is -0.449. The largest absolute Gasteiger partial charge is 0.467 e. The molecular formula is C20H17N3O5. The summed E-state index contributed by atoms with van der Waals surface area (Å²) >= 11 is 0. The Morgan fingerprint density at radius 3 is 2.75 bits per heavy atom. The number of hydrogen-bond donors (Lipinski definition) is 2. The third-order valence-corrected chi connectivity index (χ3v) is 3.61. The number of para-hydroxylation sites is 1. The van der Waals surface area contributed by atoms with Gasteiger partial charge in [-0.05, 0) is 30.3 Å². The van der Waals surface area contributed by atoms with E-state index in [4.69, 9.17) is 9.15 Å². The molecule has 2 N–H and O–H groups in total. The van der Waals surface area contributed by atoms with Gasteiger partial charge in [0.05, 0.1) is 24.0 Å². The minimum Gasteiger partial charge on any atom is -0.467 e. The smallest absolute Gasteiger partial charge is 0.331 e. The maximum atomic E-state index is 11.7. The van der Waals surface area contributed by atoms with Crippen molar-refractivity contribution in [3.8, 4) is 0 Å². The van der Waals surface area contributed by atoms with Crippen molar-refractivity contribution in [2.45, 2.75) is 6.54 Å². The third kappa shape index (κ3) is 5.53. The van der Waals surface area contributed by atoms with Crippen LogP contribution in [-0.2, 0) is 20.9 Å². The van der Waals surface area contributed by atoms with Crippen LogP contribution in [0.1, 0.15) is 11.5 Å². The van der Waals surface area contributed by atoms with Gasteiger partial charge in [0.25, 0.3) is 5.91 Å². The van der Waals surface area contributed by atoms with Gasteiger partial charge in [0.1, 0.15) is 5.76 Å². The number of benzene rings is 1. The van der Waals surface area contributed by atoms with E-state index >= 15 is 0 Å². The van der Waals surface area contributed by atoms with Crippen LogP contribution in [0.25, 0.3) is 17.0 Å². The van der Waals surface area contributed by atoms with E-state index in [0.717, 1.165) is 10.9 Å². The van der Waals surface area contributed by atoms with E-state index in [-0.39, 0.29) is 6.54 Å². The van der Waals surface area contributed by atoms with E-state index in [1.165, 1.54) is 18.4 Å². The van der Waals surface area contributed by atoms with Gasteiger partial charge in [-0.3, -0.25) is 10.1 Å². The second kappa shape index (κ2) is 9.13. The van der Waals surface area contributed by atoms with Crippen molar-refractivity contribution < 1.29 is 23.5 Å². The fourth-order valence-electron chi connectivity index (χ4n) is 2.30. The van der Waals surface area contributed by atoms with E-state index in [1.54, 1.807) is 18.2 Å². The number of nitrogens with one attached hydrogen (secondary N) is 2. The van der Waals surface area contributed by atoms with Gasteiger partial charge < -0.3 is 14.5 Å². The van der Waals surface area contributed by atoms with Crippen LogP contribution >= 0.6 is 0 Å². The molecule has 0 aliphatic carbocycles. The number of nitrogens with zero attached hydrogens (tertiary/aromatic N) is 1. The second-order valence-electron chi connectivity index (χ2n) is 5.68. The molecule has 3 rings (SSSR count). The summed E-state index contributed by atoms with van der Waals surface area (Å²) in [4.78, 5) is 39.3. The van der Waals surface area contributed by atoms with Gasteiger partial charge in [0.15, 0.2) is 6.61 Å². The number of rotatable bonds is 6. The van der Waals surface area contributed by atoms with E-state index in [2.05, 4.69) is 10.3 Å². The Hall–Kier alpha value is -3.94. The maximum absolute atomic E-state index is 11.7. The number of hydrogen-bond acceptors (Lipinski definition) is 6. The minimum atomic E-state index is -0.748. The first-order chi connectivity index (χ1) is 13.6. The molecule has 0 spiro atoms. The number of amides is 3. The van der Waals surface area contributed by atoms with Crippen LogP contribution in [0, 0.1) is 0 Å². The third-order valence-electron chi connectivity index (χ3n) is 3.61. The molecular weight excluding hydrogens is 362 g/mol. The van der Waals surface area contributed by atoms with Crippen molar-refractivity contribution in [1.29, 1.82) is 0 Å². The van der Waals surface area contributed by atoms with Crippen molar-refractivity contribution in [2.24, 2.45) is 0 Å². The summed E-state index contributed by atoms with van der Waals surface area (Å²) in [5, 5.41) is 5.47. The number of esters is 1. The Labute approximate surface area is 160 Å². The summed E-state index contributed by atoms with van der Waals surface area (Å²) < 4.78 is 9.85. The number of carbonyl (C=O) groups is 3. The van der Waals surface area contributed by atoms with Crippen LogP contribution in [0.3, 0.4) is 0 Å². The first-order valence-corrected chi connectivity index (χ1v) is 8.41. The standard InChI is InChI=1S/C20H17N3O5/c24-18(23-20(26)21-12-16-5-3-11-27-16)13-28-19(25)10-9-15-8-7-14-4-1-2-6-17(14)22-15/h1-11H,12-13H2,(H2,21,23,24,26)/b10-9+. The normalized spacial score (nSPS) is 10.7. The average Bonchev–Trinajstić information content (AvgIpc) is 3.22. The van der Waals surface area contributed by atoms with Gasteiger partial charge >= 0.3 is 12.0 Å². The highest BCUT2D eigenvalue weighted by molar-refractivity contribution is 5.96. The number of ether oxygens (including phenoxy) is 1. The molecule has 0 bridgehead atoms. The lowest BCUT2D eigenvalue weighted by Crippen LogP contribution is -2.41. The highest BCUT2D eigenvalue weighted by atomic mass is 16.5.